The Labute approximate surface area is 182 Å². The van der Waals surface area contributed by atoms with E-state index >= 15 is 0 Å². The lowest BCUT2D eigenvalue weighted by Crippen LogP contribution is -2.36. The lowest BCUT2D eigenvalue weighted by atomic mass is 10.1. The normalized spacial score (nSPS) is 11.8. The summed E-state index contributed by atoms with van der Waals surface area (Å²) in [5.74, 6) is 0.427. The van der Waals surface area contributed by atoms with Crippen molar-refractivity contribution < 1.29 is 9.53 Å². The molecule has 0 saturated carbocycles. The minimum Gasteiger partial charge on any atom is -0.443 e. The lowest BCUT2D eigenvalue weighted by molar-refractivity contribution is 0.0577. The van der Waals surface area contributed by atoms with Crippen LogP contribution in [0.1, 0.15) is 51.8 Å². The summed E-state index contributed by atoms with van der Waals surface area (Å²) < 4.78 is 7.66. The van der Waals surface area contributed by atoms with Gasteiger partial charge in [-0.15, -0.1) is 11.8 Å². The van der Waals surface area contributed by atoms with Crippen LogP contribution in [0.3, 0.4) is 0 Å². The van der Waals surface area contributed by atoms with Crippen LogP contribution in [0.15, 0.2) is 47.6 Å². The molecule has 0 spiro atoms. The molecule has 2 N–H and O–H groups in total. The number of carbonyl (C=O) groups excluding carboxylic acids is 1. The molecule has 7 heteroatoms. The molecule has 6 nitrogen and oxygen atoms in total. The van der Waals surface area contributed by atoms with E-state index in [4.69, 9.17) is 15.5 Å². The summed E-state index contributed by atoms with van der Waals surface area (Å²) in [6, 6.07) is 9.71. The molecule has 0 unspecified atom stereocenters. The van der Waals surface area contributed by atoms with E-state index in [1.165, 1.54) is 5.56 Å². The van der Waals surface area contributed by atoms with Crippen LogP contribution in [0.2, 0.25) is 0 Å². The predicted molar refractivity (Wildman–Crippen MR) is 124 cm³/mol. The second kappa shape index (κ2) is 8.60. The zero-order valence-corrected chi connectivity index (χ0v) is 19.3. The number of rotatable bonds is 5. The van der Waals surface area contributed by atoms with Crippen molar-refractivity contribution in [2.24, 2.45) is 0 Å². The molecule has 0 aliphatic rings. The van der Waals surface area contributed by atoms with Crippen LogP contribution >= 0.6 is 11.8 Å². The van der Waals surface area contributed by atoms with Gasteiger partial charge >= 0.3 is 6.09 Å². The quantitative estimate of drug-likeness (QED) is 0.418. The van der Waals surface area contributed by atoms with Crippen molar-refractivity contribution in [2.45, 2.75) is 57.6 Å². The summed E-state index contributed by atoms with van der Waals surface area (Å²) in [6.07, 6.45) is 5.58. The minimum absolute atomic E-state index is 0.283. The molecule has 1 aromatic carbocycles. The summed E-state index contributed by atoms with van der Waals surface area (Å²) in [6.45, 7) is 10.2. The first-order valence-corrected chi connectivity index (χ1v) is 11.2. The van der Waals surface area contributed by atoms with E-state index in [9.17, 15) is 4.79 Å². The zero-order chi connectivity index (χ0) is 22.1. The Morgan fingerprint density at radius 3 is 2.57 bits per heavy atom. The third-order valence-electron chi connectivity index (χ3n) is 4.65. The molecule has 3 rings (SSSR count). The SMILES string of the molecule is CSc1ccc(N(Cc2cn3cc(C(C)C)ccc3n2)C(=O)OC(C)(C)C)cc1N. The van der Waals surface area contributed by atoms with Crippen molar-refractivity contribution in [3.8, 4) is 0 Å². The second-order valence-electron chi connectivity index (χ2n) is 8.61. The number of imidazole rings is 1. The van der Waals surface area contributed by atoms with E-state index in [0.29, 0.717) is 17.3 Å². The maximum atomic E-state index is 13.0. The highest BCUT2D eigenvalue weighted by atomic mass is 32.2. The van der Waals surface area contributed by atoms with Gasteiger partial charge in [-0.1, -0.05) is 19.9 Å². The summed E-state index contributed by atoms with van der Waals surface area (Å²) in [5, 5.41) is 0. The van der Waals surface area contributed by atoms with E-state index in [0.717, 1.165) is 16.2 Å². The number of hydrogen-bond donors (Lipinski definition) is 1. The number of nitrogen functional groups attached to an aromatic ring is 1. The summed E-state index contributed by atoms with van der Waals surface area (Å²) >= 11 is 1.57. The molecule has 0 radical (unpaired) electrons. The van der Waals surface area contributed by atoms with E-state index in [2.05, 4.69) is 26.1 Å². The Bertz CT molecular complexity index is 1050. The molecule has 0 fully saturated rings. The Morgan fingerprint density at radius 1 is 1.23 bits per heavy atom. The number of thioether (sulfide) groups is 1. The van der Waals surface area contributed by atoms with Gasteiger partial charge in [0.25, 0.3) is 0 Å². The van der Waals surface area contributed by atoms with Crippen molar-refractivity contribution in [1.82, 2.24) is 9.38 Å². The van der Waals surface area contributed by atoms with Crippen molar-refractivity contribution in [1.29, 1.82) is 0 Å². The van der Waals surface area contributed by atoms with Crippen LogP contribution in [0.25, 0.3) is 5.65 Å². The fourth-order valence-electron chi connectivity index (χ4n) is 3.11. The molecular weight excluding hydrogens is 396 g/mol. The second-order valence-corrected chi connectivity index (χ2v) is 9.46. The number of benzene rings is 1. The maximum Gasteiger partial charge on any atom is 0.415 e. The fraction of sp³-hybridized carbons (Fsp3) is 0.391. The Kier molecular flexibility index (Phi) is 6.31. The number of pyridine rings is 1. The first kappa shape index (κ1) is 22.0. The topological polar surface area (TPSA) is 72.9 Å². The molecule has 160 valence electrons. The number of fused-ring (bicyclic) bond motifs is 1. The van der Waals surface area contributed by atoms with Gasteiger partial charge in [-0.2, -0.15) is 0 Å². The van der Waals surface area contributed by atoms with Crippen molar-refractivity contribution in [3.63, 3.8) is 0 Å². The van der Waals surface area contributed by atoms with Gasteiger partial charge < -0.3 is 14.9 Å². The van der Waals surface area contributed by atoms with Crippen molar-refractivity contribution in [2.75, 3.05) is 16.9 Å². The third-order valence-corrected chi connectivity index (χ3v) is 5.46. The predicted octanol–water partition coefficient (Wildman–Crippen LogP) is 5.70. The molecule has 0 aliphatic heterocycles. The van der Waals surface area contributed by atoms with E-state index in [1.807, 2.05) is 61.9 Å². The van der Waals surface area contributed by atoms with Crippen molar-refractivity contribution in [3.05, 3.63) is 54.0 Å². The lowest BCUT2D eigenvalue weighted by Gasteiger charge is -2.27. The van der Waals surface area contributed by atoms with Crippen molar-refractivity contribution >= 4 is 34.9 Å². The Hall–Kier alpha value is -2.67. The number of anilines is 2. The number of aromatic nitrogens is 2. The molecule has 2 heterocycles. The largest absolute Gasteiger partial charge is 0.443 e. The third kappa shape index (κ3) is 5.08. The first-order chi connectivity index (χ1) is 14.1. The molecule has 3 aromatic rings. The Morgan fingerprint density at radius 2 is 1.97 bits per heavy atom. The molecule has 30 heavy (non-hydrogen) atoms. The van der Waals surface area contributed by atoms with Crippen LogP contribution in [0, 0.1) is 0 Å². The number of carbonyl (C=O) groups is 1. The van der Waals surface area contributed by atoms with Gasteiger partial charge in [0, 0.05) is 28.7 Å². The molecule has 0 atom stereocenters. The van der Waals surface area contributed by atoms with Gasteiger partial charge in [-0.05, 0) is 62.8 Å². The zero-order valence-electron chi connectivity index (χ0n) is 18.5. The fourth-order valence-corrected chi connectivity index (χ4v) is 3.61. The standard InChI is InChI=1S/C23H30N4O2S/c1-15(2)16-7-10-21-25-17(13-26(21)12-16)14-27(22(28)29-23(3,4)5)18-8-9-20(30-6)19(24)11-18/h7-13,15H,14,24H2,1-6H3. The van der Waals surface area contributed by atoms with Gasteiger partial charge in [-0.3, -0.25) is 4.90 Å². The van der Waals surface area contributed by atoms with Crippen LogP contribution in [-0.4, -0.2) is 27.3 Å². The minimum atomic E-state index is -0.606. The Balaban J connectivity index is 1.97. The number of nitrogens with two attached hydrogens (primary N) is 1. The van der Waals surface area contributed by atoms with Gasteiger partial charge in [0.15, 0.2) is 0 Å². The highest BCUT2D eigenvalue weighted by Crippen LogP contribution is 2.29. The molecule has 0 aliphatic carbocycles. The van der Waals surface area contributed by atoms with Gasteiger partial charge in [-0.25, -0.2) is 9.78 Å². The molecule has 1 amide bonds. The number of hydrogen-bond acceptors (Lipinski definition) is 5. The number of amides is 1. The smallest absolute Gasteiger partial charge is 0.415 e. The van der Waals surface area contributed by atoms with Gasteiger partial charge in [0.05, 0.1) is 12.2 Å². The molecule has 2 aromatic heterocycles. The summed E-state index contributed by atoms with van der Waals surface area (Å²) in [4.78, 5) is 20.3. The number of ether oxygens (including phenoxy) is 1. The number of nitrogens with zero attached hydrogens (tertiary/aromatic N) is 3. The van der Waals surface area contributed by atoms with Crippen LogP contribution in [-0.2, 0) is 11.3 Å². The van der Waals surface area contributed by atoms with Crippen LogP contribution < -0.4 is 10.6 Å². The van der Waals surface area contributed by atoms with E-state index in [-0.39, 0.29) is 6.54 Å². The molecule has 0 saturated heterocycles. The van der Waals surface area contributed by atoms with Crippen LogP contribution in [0.4, 0.5) is 16.2 Å². The molecular formula is C23H30N4O2S. The average molecular weight is 427 g/mol. The maximum absolute atomic E-state index is 13.0. The summed E-state index contributed by atoms with van der Waals surface area (Å²) in [5.41, 5.74) is 9.73. The van der Waals surface area contributed by atoms with Gasteiger partial charge in [0.1, 0.15) is 11.2 Å². The molecule has 0 bridgehead atoms. The monoisotopic (exact) mass is 426 g/mol. The van der Waals surface area contributed by atoms with Gasteiger partial charge in [0.2, 0.25) is 0 Å². The average Bonchev–Trinajstić information content (AvgIpc) is 3.06. The van der Waals surface area contributed by atoms with E-state index in [1.54, 1.807) is 16.7 Å². The summed E-state index contributed by atoms with van der Waals surface area (Å²) in [7, 11) is 0. The first-order valence-electron chi connectivity index (χ1n) is 9.99. The highest BCUT2D eigenvalue weighted by molar-refractivity contribution is 7.98. The van der Waals surface area contributed by atoms with Crippen LogP contribution in [0.5, 0.6) is 0 Å². The highest BCUT2D eigenvalue weighted by Gasteiger charge is 2.25. The van der Waals surface area contributed by atoms with E-state index < -0.39 is 11.7 Å².